The highest BCUT2D eigenvalue weighted by Crippen LogP contribution is 2.24. The minimum absolute atomic E-state index is 0.0256. The van der Waals surface area contributed by atoms with Crippen LogP contribution in [0.1, 0.15) is 26.2 Å². The molecule has 1 aliphatic rings. The van der Waals surface area contributed by atoms with Crippen LogP contribution in [0.5, 0.6) is 0 Å². The number of carboxylic acid groups (broad SMARTS) is 1. The van der Waals surface area contributed by atoms with Crippen molar-refractivity contribution < 1.29 is 14.7 Å². The minimum atomic E-state index is -0.812. The summed E-state index contributed by atoms with van der Waals surface area (Å²) in [4.78, 5) is 25.2. The lowest BCUT2D eigenvalue weighted by atomic mass is 9.89. The van der Waals surface area contributed by atoms with Crippen molar-refractivity contribution in [2.75, 3.05) is 13.1 Å². The van der Waals surface area contributed by atoms with Gasteiger partial charge in [0.25, 0.3) is 0 Å². The molecular weight excluding hydrogens is 242 g/mol. The predicted molar refractivity (Wildman–Crippen MR) is 74.6 cm³/mol. The number of allylic oxidation sites excluding steroid dienone is 2. The number of likely N-dealkylation sites (tertiary alicyclic amines) is 1. The van der Waals surface area contributed by atoms with Crippen LogP contribution in [0.25, 0.3) is 0 Å². The van der Waals surface area contributed by atoms with Gasteiger partial charge in [0.15, 0.2) is 0 Å². The highest BCUT2D eigenvalue weighted by atomic mass is 16.4. The zero-order chi connectivity index (χ0) is 14.4. The Morgan fingerprint density at radius 3 is 2.37 bits per heavy atom. The van der Waals surface area contributed by atoms with Crippen molar-refractivity contribution in [1.82, 2.24) is 4.90 Å². The first-order valence-electron chi connectivity index (χ1n) is 6.73. The van der Waals surface area contributed by atoms with Crippen molar-refractivity contribution in [3.8, 4) is 0 Å². The lowest BCUT2D eigenvalue weighted by Crippen LogP contribution is -2.47. The van der Waals surface area contributed by atoms with Crippen molar-refractivity contribution in [3.63, 3.8) is 0 Å². The Labute approximate surface area is 114 Å². The molecule has 106 valence electrons. The Hall–Kier alpha value is -1.58. The fourth-order valence-corrected chi connectivity index (χ4v) is 2.67. The maximum Gasteiger partial charge on any atom is 0.308 e. The molecule has 1 N–H and O–H groups in total. The summed E-state index contributed by atoms with van der Waals surface area (Å²) in [7, 11) is 0. The fourth-order valence-electron chi connectivity index (χ4n) is 2.67. The van der Waals surface area contributed by atoms with Gasteiger partial charge in [-0.15, -0.1) is 13.2 Å². The van der Waals surface area contributed by atoms with Crippen molar-refractivity contribution in [2.45, 2.75) is 26.2 Å². The Balaban J connectivity index is 2.75. The number of piperidine rings is 1. The van der Waals surface area contributed by atoms with E-state index in [-0.39, 0.29) is 17.7 Å². The molecule has 1 aliphatic heterocycles. The van der Waals surface area contributed by atoms with Gasteiger partial charge >= 0.3 is 5.97 Å². The molecule has 0 radical (unpaired) electrons. The molecule has 0 spiro atoms. The molecule has 0 bridgehead atoms. The van der Waals surface area contributed by atoms with Gasteiger partial charge < -0.3 is 10.0 Å². The molecule has 19 heavy (non-hydrogen) atoms. The highest BCUT2D eigenvalue weighted by molar-refractivity contribution is 5.80. The third-order valence-electron chi connectivity index (χ3n) is 3.57. The molecule has 0 aromatic heterocycles. The number of amides is 1. The Morgan fingerprint density at radius 2 is 1.89 bits per heavy atom. The topological polar surface area (TPSA) is 57.6 Å². The number of carbonyl (C=O) groups is 2. The number of hydrogen-bond acceptors (Lipinski definition) is 2. The summed E-state index contributed by atoms with van der Waals surface area (Å²) in [5.74, 6) is -1.16. The average Bonchev–Trinajstić information content (AvgIpc) is 2.37. The van der Waals surface area contributed by atoms with Crippen LogP contribution in [0.2, 0.25) is 0 Å². The number of hydrogen-bond donors (Lipinski definition) is 1. The minimum Gasteiger partial charge on any atom is -0.481 e. The van der Waals surface area contributed by atoms with Crippen molar-refractivity contribution in [2.24, 2.45) is 17.8 Å². The first kappa shape index (κ1) is 15.5. The largest absolute Gasteiger partial charge is 0.481 e. The molecule has 1 fully saturated rings. The summed E-state index contributed by atoms with van der Waals surface area (Å²) in [6.45, 7) is 10.3. The average molecular weight is 265 g/mol. The van der Waals surface area contributed by atoms with Gasteiger partial charge in [0.1, 0.15) is 0 Å². The summed E-state index contributed by atoms with van der Waals surface area (Å²) in [5.41, 5.74) is 0. The second-order valence-electron chi connectivity index (χ2n) is 5.36. The molecule has 1 heterocycles. The monoisotopic (exact) mass is 265 g/mol. The lowest BCUT2D eigenvalue weighted by Gasteiger charge is -2.36. The quantitative estimate of drug-likeness (QED) is 0.750. The zero-order valence-electron chi connectivity index (χ0n) is 11.5. The summed E-state index contributed by atoms with van der Waals surface area (Å²) in [5, 5.41) is 9.13. The molecule has 0 aliphatic carbocycles. The first-order valence-corrected chi connectivity index (χ1v) is 6.73. The van der Waals surface area contributed by atoms with Gasteiger partial charge in [-0.3, -0.25) is 9.59 Å². The molecule has 0 aromatic carbocycles. The van der Waals surface area contributed by atoms with Crippen molar-refractivity contribution in [1.29, 1.82) is 0 Å². The van der Waals surface area contributed by atoms with E-state index < -0.39 is 11.9 Å². The number of carbonyl (C=O) groups excluding carboxylic acids is 1. The van der Waals surface area contributed by atoms with Crippen LogP contribution < -0.4 is 0 Å². The molecule has 4 nitrogen and oxygen atoms in total. The van der Waals surface area contributed by atoms with E-state index in [1.165, 1.54) is 0 Å². The van der Waals surface area contributed by atoms with Gasteiger partial charge in [0.2, 0.25) is 5.91 Å². The maximum atomic E-state index is 12.4. The van der Waals surface area contributed by atoms with Crippen LogP contribution in [0.15, 0.2) is 25.3 Å². The van der Waals surface area contributed by atoms with E-state index in [9.17, 15) is 9.59 Å². The third kappa shape index (κ3) is 4.23. The molecule has 2 atom stereocenters. The van der Waals surface area contributed by atoms with Crippen LogP contribution in [0.3, 0.4) is 0 Å². The van der Waals surface area contributed by atoms with Crippen molar-refractivity contribution in [3.05, 3.63) is 25.3 Å². The predicted octanol–water partition coefficient (Wildman–Crippen LogP) is 2.32. The molecule has 1 saturated heterocycles. The fraction of sp³-hybridized carbons (Fsp3) is 0.600. The first-order chi connectivity index (χ1) is 8.99. The molecule has 2 unspecified atom stereocenters. The van der Waals surface area contributed by atoms with E-state index in [2.05, 4.69) is 13.2 Å². The van der Waals surface area contributed by atoms with E-state index in [0.29, 0.717) is 32.4 Å². The van der Waals surface area contributed by atoms with Gasteiger partial charge in [0.05, 0.1) is 5.92 Å². The lowest BCUT2D eigenvalue weighted by molar-refractivity contribution is -0.148. The van der Waals surface area contributed by atoms with Gasteiger partial charge in [-0.2, -0.15) is 0 Å². The number of aliphatic carboxylic acids is 1. The van der Waals surface area contributed by atoms with E-state index in [1.54, 1.807) is 17.1 Å². The van der Waals surface area contributed by atoms with E-state index >= 15 is 0 Å². The molecular formula is C15H23NO3. The van der Waals surface area contributed by atoms with E-state index in [0.717, 1.165) is 0 Å². The van der Waals surface area contributed by atoms with Crippen LogP contribution >= 0.6 is 0 Å². The summed E-state index contributed by atoms with van der Waals surface area (Å²) in [6, 6.07) is 0. The highest BCUT2D eigenvalue weighted by Gasteiger charge is 2.33. The van der Waals surface area contributed by atoms with Gasteiger partial charge in [-0.1, -0.05) is 19.1 Å². The van der Waals surface area contributed by atoms with E-state index in [1.807, 2.05) is 6.92 Å². The van der Waals surface area contributed by atoms with Crippen LogP contribution in [0.4, 0.5) is 0 Å². The van der Waals surface area contributed by atoms with Crippen LogP contribution in [-0.2, 0) is 9.59 Å². The zero-order valence-corrected chi connectivity index (χ0v) is 11.5. The van der Waals surface area contributed by atoms with E-state index in [4.69, 9.17) is 5.11 Å². The van der Waals surface area contributed by atoms with Crippen LogP contribution in [-0.4, -0.2) is 35.0 Å². The second kappa shape index (κ2) is 7.12. The Morgan fingerprint density at radius 1 is 1.32 bits per heavy atom. The summed E-state index contributed by atoms with van der Waals surface area (Å²) in [6.07, 6.45) is 5.32. The second-order valence-corrected chi connectivity index (χ2v) is 5.36. The maximum absolute atomic E-state index is 12.4. The Bertz CT molecular complexity index is 354. The van der Waals surface area contributed by atoms with Crippen molar-refractivity contribution >= 4 is 11.9 Å². The number of rotatable bonds is 6. The number of nitrogens with zero attached hydrogens (tertiary/aromatic N) is 1. The normalized spacial score (nSPS) is 23.2. The number of carboxylic acids is 1. The summed E-state index contributed by atoms with van der Waals surface area (Å²) >= 11 is 0. The third-order valence-corrected chi connectivity index (χ3v) is 3.57. The Kier molecular flexibility index (Phi) is 5.80. The molecule has 1 amide bonds. The summed E-state index contributed by atoms with van der Waals surface area (Å²) < 4.78 is 0. The van der Waals surface area contributed by atoms with Crippen LogP contribution in [0, 0.1) is 17.8 Å². The molecule has 0 aromatic rings. The standard InChI is InChI=1S/C15H23NO3/c1-4-6-12(7-5-2)14(17)16-9-11(3)8-13(10-16)15(18)19/h4-5,11-13H,1-2,6-10H2,3H3,(H,18,19). The molecule has 1 rings (SSSR count). The smallest absolute Gasteiger partial charge is 0.308 e. The molecule has 0 saturated carbocycles. The molecule has 4 heteroatoms. The van der Waals surface area contributed by atoms with Gasteiger partial charge in [-0.25, -0.2) is 0 Å². The van der Waals surface area contributed by atoms with Gasteiger partial charge in [-0.05, 0) is 25.2 Å². The van der Waals surface area contributed by atoms with Gasteiger partial charge in [0, 0.05) is 19.0 Å². The SMILES string of the molecule is C=CCC(CC=C)C(=O)N1CC(C)CC(C(=O)O)C1.